The second-order valence-corrected chi connectivity index (χ2v) is 12.2. The second-order valence-electron chi connectivity index (χ2n) is 9.67. The van der Waals surface area contributed by atoms with Crippen LogP contribution < -0.4 is 10.5 Å². The topological polar surface area (TPSA) is 35.2 Å². The number of alkyl halides is 6. The third kappa shape index (κ3) is 4.11. The minimum absolute atomic E-state index is 0.231. The maximum absolute atomic E-state index is 15.6. The van der Waals surface area contributed by atoms with Gasteiger partial charge in [-0.1, -0.05) is 24.3 Å². The molecule has 0 fully saturated rings. The number of ether oxygens (including phenoxy) is 1. The molecule has 0 aliphatic heterocycles. The van der Waals surface area contributed by atoms with Crippen molar-refractivity contribution in [3.8, 4) is 26.6 Å². The van der Waals surface area contributed by atoms with Gasteiger partial charge in [0.05, 0.1) is 7.11 Å². The van der Waals surface area contributed by atoms with E-state index in [-0.39, 0.29) is 26.4 Å². The standard InChI is InChI=1S/C30H25F6NOS2/c1-15-24(17(3)40-27(15)20-7-5-18(14-37)6-8-20)26-25(28(31,32)30(35,36)29(26,33)34)22-13-23(39-16(22)2)19-9-11-21(38-4)12-10-19/h5-13H,14,37H2,1-4H3. The maximum atomic E-state index is 15.6. The van der Waals surface area contributed by atoms with Crippen LogP contribution in [-0.2, 0) is 6.54 Å². The van der Waals surface area contributed by atoms with Crippen molar-refractivity contribution in [3.05, 3.63) is 86.6 Å². The Hall–Kier alpha value is -3.08. The number of methoxy groups -OCH3 is 1. The second kappa shape index (κ2) is 9.78. The monoisotopic (exact) mass is 593 g/mol. The van der Waals surface area contributed by atoms with Gasteiger partial charge in [-0.25, -0.2) is 0 Å². The number of rotatable bonds is 6. The van der Waals surface area contributed by atoms with E-state index >= 15 is 26.3 Å². The first-order valence-corrected chi connectivity index (χ1v) is 13.9. The normalized spacial score (nSPS) is 17.5. The molecule has 5 rings (SSSR count). The first kappa shape index (κ1) is 28.4. The van der Waals surface area contributed by atoms with Gasteiger partial charge < -0.3 is 10.5 Å². The minimum Gasteiger partial charge on any atom is -0.497 e. The molecule has 1 aliphatic carbocycles. The zero-order valence-electron chi connectivity index (χ0n) is 22.0. The lowest BCUT2D eigenvalue weighted by Crippen LogP contribution is -2.49. The molecule has 0 radical (unpaired) electrons. The molecule has 1 aliphatic rings. The Labute approximate surface area is 235 Å². The summed E-state index contributed by atoms with van der Waals surface area (Å²) in [4.78, 5) is 1.50. The van der Waals surface area contributed by atoms with E-state index in [2.05, 4.69) is 0 Å². The van der Waals surface area contributed by atoms with Crippen LogP contribution in [0.15, 0.2) is 54.6 Å². The van der Waals surface area contributed by atoms with Crippen LogP contribution in [0.2, 0.25) is 0 Å². The highest BCUT2D eigenvalue weighted by molar-refractivity contribution is 7.16. The maximum Gasteiger partial charge on any atom is 0.380 e. The number of halogens is 6. The number of hydrogen-bond donors (Lipinski definition) is 1. The highest BCUT2D eigenvalue weighted by Gasteiger charge is 2.80. The van der Waals surface area contributed by atoms with Crippen LogP contribution in [-0.4, -0.2) is 24.9 Å². The lowest BCUT2D eigenvalue weighted by Gasteiger charge is -2.26. The lowest BCUT2D eigenvalue weighted by molar-refractivity contribution is -0.254. The molecular formula is C30H25F6NOS2. The largest absolute Gasteiger partial charge is 0.497 e. The molecule has 0 saturated carbocycles. The van der Waals surface area contributed by atoms with E-state index < -0.39 is 28.9 Å². The number of thiophene rings is 2. The molecule has 2 N–H and O–H groups in total. The third-order valence-electron chi connectivity index (χ3n) is 7.25. The zero-order chi connectivity index (χ0) is 29.2. The molecule has 210 valence electrons. The van der Waals surface area contributed by atoms with Gasteiger partial charge in [-0.15, -0.1) is 22.7 Å². The van der Waals surface area contributed by atoms with Gasteiger partial charge in [-0.05, 0) is 78.9 Å². The van der Waals surface area contributed by atoms with Gasteiger partial charge in [-0.2, -0.15) is 26.3 Å². The summed E-state index contributed by atoms with van der Waals surface area (Å²) in [6, 6.07) is 15.1. The van der Waals surface area contributed by atoms with E-state index in [9.17, 15) is 0 Å². The fourth-order valence-electron chi connectivity index (χ4n) is 5.13. The molecule has 4 aromatic rings. The average molecular weight is 594 g/mol. The van der Waals surface area contributed by atoms with Crippen LogP contribution in [0.5, 0.6) is 5.75 Å². The molecule has 0 spiro atoms. The Morgan fingerprint density at radius 2 is 1.32 bits per heavy atom. The smallest absolute Gasteiger partial charge is 0.380 e. The fourth-order valence-corrected chi connectivity index (χ4v) is 7.33. The molecule has 0 amide bonds. The molecule has 2 nitrogen and oxygen atoms in total. The predicted octanol–water partition coefficient (Wildman–Crippen LogP) is 9.37. The van der Waals surface area contributed by atoms with Gasteiger partial charge >= 0.3 is 17.8 Å². The zero-order valence-corrected chi connectivity index (χ0v) is 23.6. The van der Waals surface area contributed by atoms with E-state index in [0.717, 1.165) is 28.2 Å². The van der Waals surface area contributed by atoms with Crippen molar-refractivity contribution < 1.29 is 31.1 Å². The number of hydrogen-bond acceptors (Lipinski definition) is 4. The molecule has 2 aromatic carbocycles. The summed E-state index contributed by atoms with van der Waals surface area (Å²) in [6.07, 6.45) is 0. The summed E-state index contributed by atoms with van der Waals surface area (Å²) in [7, 11) is 1.49. The summed E-state index contributed by atoms with van der Waals surface area (Å²) in [5.74, 6) is -15.3. The van der Waals surface area contributed by atoms with Crippen molar-refractivity contribution in [2.45, 2.75) is 45.1 Å². The molecule has 40 heavy (non-hydrogen) atoms. The van der Waals surface area contributed by atoms with E-state index in [1.165, 1.54) is 33.9 Å². The molecule has 0 saturated heterocycles. The number of aryl methyl sites for hydroxylation is 2. The summed E-state index contributed by atoms with van der Waals surface area (Å²) in [5, 5.41) is 0. The Kier molecular flexibility index (Phi) is 6.96. The molecule has 0 atom stereocenters. The third-order valence-corrected chi connectivity index (χ3v) is 9.61. The lowest BCUT2D eigenvalue weighted by atomic mass is 9.91. The van der Waals surface area contributed by atoms with Crippen LogP contribution >= 0.6 is 22.7 Å². The molecule has 2 heterocycles. The van der Waals surface area contributed by atoms with E-state index in [1.807, 2.05) is 0 Å². The first-order valence-electron chi connectivity index (χ1n) is 12.3. The first-order chi connectivity index (χ1) is 18.8. The van der Waals surface area contributed by atoms with Crippen molar-refractivity contribution in [1.29, 1.82) is 0 Å². The summed E-state index contributed by atoms with van der Waals surface area (Å²) >= 11 is 2.18. The van der Waals surface area contributed by atoms with Crippen LogP contribution in [0.3, 0.4) is 0 Å². The molecule has 0 bridgehead atoms. The SMILES string of the molecule is COc1ccc(-c2cc(C3=C(c4c(C)sc(-c5ccc(CN)cc5)c4C)C(F)(F)C(F)(F)C3(F)F)c(C)s2)cc1. The molecule has 0 unspecified atom stereocenters. The molecular weight excluding hydrogens is 568 g/mol. The van der Waals surface area contributed by atoms with Gasteiger partial charge in [0.2, 0.25) is 0 Å². The van der Waals surface area contributed by atoms with Gasteiger partial charge in [0.15, 0.2) is 0 Å². The van der Waals surface area contributed by atoms with Crippen molar-refractivity contribution in [2.75, 3.05) is 7.11 Å². The van der Waals surface area contributed by atoms with Gasteiger partial charge in [0.25, 0.3) is 0 Å². The van der Waals surface area contributed by atoms with Crippen LogP contribution in [0.4, 0.5) is 26.3 Å². The molecule has 10 heteroatoms. The quantitative estimate of drug-likeness (QED) is 0.226. The highest BCUT2D eigenvalue weighted by atomic mass is 32.1. The van der Waals surface area contributed by atoms with Gasteiger partial charge in [0.1, 0.15) is 5.75 Å². The Balaban J connectivity index is 1.76. The molecule has 2 aromatic heterocycles. The fraction of sp³-hybridized carbons (Fsp3) is 0.267. The van der Waals surface area contributed by atoms with Crippen molar-refractivity contribution >= 4 is 33.8 Å². The summed E-state index contributed by atoms with van der Waals surface area (Å²) < 4.78 is 97.6. The number of allylic oxidation sites excluding steroid dienone is 2. The Bertz CT molecular complexity index is 1620. The summed E-state index contributed by atoms with van der Waals surface area (Å²) in [5.41, 5.74) is 4.80. The van der Waals surface area contributed by atoms with Crippen LogP contribution in [0.25, 0.3) is 32.0 Å². The van der Waals surface area contributed by atoms with E-state index in [4.69, 9.17) is 10.5 Å². The predicted molar refractivity (Wildman–Crippen MR) is 150 cm³/mol. The van der Waals surface area contributed by atoms with Crippen LogP contribution in [0, 0.1) is 20.8 Å². The average Bonchev–Trinajstić information content (AvgIpc) is 3.47. The Morgan fingerprint density at radius 1 is 0.750 bits per heavy atom. The van der Waals surface area contributed by atoms with Crippen molar-refractivity contribution in [1.82, 2.24) is 0 Å². The number of nitrogens with two attached hydrogens (primary N) is 1. The number of benzene rings is 2. The van der Waals surface area contributed by atoms with E-state index in [1.54, 1.807) is 48.5 Å². The van der Waals surface area contributed by atoms with Crippen molar-refractivity contribution in [2.24, 2.45) is 5.73 Å². The van der Waals surface area contributed by atoms with Gasteiger partial charge in [-0.3, -0.25) is 0 Å². The van der Waals surface area contributed by atoms with E-state index in [0.29, 0.717) is 33.2 Å². The van der Waals surface area contributed by atoms with Gasteiger partial charge in [0, 0.05) is 42.8 Å². The van der Waals surface area contributed by atoms with Crippen LogP contribution in [0.1, 0.15) is 32.0 Å². The highest BCUT2D eigenvalue weighted by Crippen LogP contribution is 2.66. The minimum atomic E-state index is -5.62. The Morgan fingerprint density at radius 3 is 1.90 bits per heavy atom. The summed E-state index contributed by atoms with van der Waals surface area (Å²) in [6.45, 7) is 4.77. The van der Waals surface area contributed by atoms with Crippen molar-refractivity contribution in [3.63, 3.8) is 0 Å².